The Hall–Kier alpha value is -2.41. The first-order valence-corrected chi connectivity index (χ1v) is 8.60. The molecule has 7 heteroatoms. The molecule has 1 heterocycles. The van der Waals surface area contributed by atoms with Crippen LogP contribution in [0, 0.1) is 6.92 Å². The minimum Gasteiger partial charge on any atom is -0.355 e. The zero-order chi connectivity index (χ0) is 17.7. The molecule has 0 saturated heterocycles. The molecule has 0 aliphatic heterocycles. The highest BCUT2D eigenvalue weighted by Crippen LogP contribution is 2.26. The topological polar surface area (TPSA) is 83.1 Å². The van der Waals surface area contributed by atoms with Crippen molar-refractivity contribution in [2.24, 2.45) is 0 Å². The summed E-state index contributed by atoms with van der Waals surface area (Å²) in [5.74, 6) is -0.183. The predicted molar refractivity (Wildman–Crippen MR) is 96.5 cm³/mol. The number of rotatable bonds is 5. The fourth-order valence-electron chi connectivity index (χ4n) is 2.34. The number of urea groups is 1. The summed E-state index contributed by atoms with van der Waals surface area (Å²) in [6.45, 7) is 5.75. The minimum atomic E-state index is -0.537. The number of nitrogens with one attached hydrogen (secondary N) is 3. The van der Waals surface area contributed by atoms with Crippen LogP contribution in [-0.2, 0) is 5.54 Å². The second-order valence-corrected chi connectivity index (χ2v) is 6.55. The fraction of sp³-hybridized carbons (Fsp3) is 0.353. The van der Waals surface area contributed by atoms with Gasteiger partial charge in [0, 0.05) is 29.9 Å². The van der Waals surface area contributed by atoms with E-state index in [1.165, 1.54) is 11.3 Å². The van der Waals surface area contributed by atoms with Crippen molar-refractivity contribution in [1.82, 2.24) is 15.6 Å². The van der Waals surface area contributed by atoms with Gasteiger partial charge in [-0.05, 0) is 38.0 Å². The largest absolute Gasteiger partial charge is 0.355 e. The number of aromatic nitrogens is 1. The van der Waals surface area contributed by atoms with E-state index in [2.05, 4.69) is 20.9 Å². The monoisotopic (exact) mass is 346 g/mol. The Morgan fingerprint density at radius 1 is 1.33 bits per heavy atom. The number of hydrogen-bond acceptors (Lipinski definition) is 4. The summed E-state index contributed by atoms with van der Waals surface area (Å²) in [4.78, 5) is 28.6. The average Bonchev–Trinajstić information content (AvgIpc) is 3.11. The Morgan fingerprint density at radius 3 is 2.67 bits per heavy atom. The van der Waals surface area contributed by atoms with Crippen LogP contribution in [0.5, 0.6) is 0 Å². The lowest BCUT2D eigenvalue weighted by molar-refractivity contribution is 0.0962. The number of benzene rings is 1. The summed E-state index contributed by atoms with van der Waals surface area (Å²) in [6, 6.07) is 4.91. The minimum absolute atomic E-state index is 0.183. The molecular weight excluding hydrogens is 324 g/mol. The molecule has 0 fully saturated rings. The molecule has 0 aliphatic rings. The average molecular weight is 346 g/mol. The molecule has 0 saturated carbocycles. The van der Waals surface area contributed by atoms with Crippen LogP contribution in [-0.4, -0.2) is 24.0 Å². The van der Waals surface area contributed by atoms with E-state index in [0.29, 0.717) is 17.7 Å². The quantitative estimate of drug-likeness (QED) is 0.777. The van der Waals surface area contributed by atoms with Gasteiger partial charge in [-0.25, -0.2) is 9.78 Å². The van der Waals surface area contributed by atoms with Crippen molar-refractivity contribution < 1.29 is 9.59 Å². The van der Waals surface area contributed by atoms with Gasteiger partial charge in [-0.2, -0.15) is 0 Å². The van der Waals surface area contributed by atoms with E-state index >= 15 is 0 Å². The molecule has 1 atom stereocenters. The molecule has 128 valence electrons. The summed E-state index contributed by atoms with van der Waals surface area (Å²) < 4.78 is 0. The van der Waals surface area contributed by atoms with Crippen LogP contribution in [0.25, 0.3) is 0 Å². The van der Waals surface area contributed by atoms with Crippen LogP contribution in [0.2, 0.25) is 0 Å². The van der Waals surface area contributed by atoms with Crippen LogP contribution in [0.15, 0.2) is 29.8 Å². The standard InChI is InChI=1S/C17H22N4O2S/c1-5-17(3,15-19-9-10-24-15)21-16(23)20-13-8-6-7-12(11(13)2)14(22)18-4/h6-10H,5H2,1-4H3,(H,18,22)(H2,20,21,23). The Bertz CT molecular complexity index is 730. The number of carbonyl (C=O) groups is 2. The number of anilines is 1. The van der Waals surface area contributed by atoms with Gasteiger partial charge in [0.2, 0.25) is 0 Å². The molecule has 0 radical (unpaired) electrons. The maximum Gasteiger partial charge on any atom is 0.320 e. The van der Waals surface area contributed by atoms with Crippen molar-refractivity contribution >= 4 is 29.0 Å². The van der Waals surface area contributed by atoms with E-state index in [9.17, 15) is 9.59 Å². The Morgan fingerprint density at radius 2 is 2.08 bits per heavy atom. The van der Waals surface area contributed by atoms with Gasteiger partial charge in [0.1, 0.15) is 5.01 Å². The molecule has 1 aromatic carbocycles. The highest BCUT2D eigenvalue weighted by atomic mass is 32.1. The van der Waals surface area contributed by atoms with Gasteiger partial charge in [0.25, 0.3) is 5.91 Å². The smallest absolute Gasteiger partial charge is 0.320 e. The Kier molecular flexibility index (Phi) is 5.56. The number of thiazole rings is 1. The number of amides is 3. The summed E-state index contributed by atoms with van der Waals surface area (Å²) in [6.07, 6.45) is 2.44. The van der Waals surface area contributed by atoms with Crippen molar-refractivity contribution in [1.29, 1.82) is 0 Å². The van der Waals surface area contributed by atoms with Crippen LogP contribution in [0.3, 0.4) is 0 Å². The number of nitrogens with zero attached hydrogens (tertiary/aromatic N) is 1. The molecule has 3 N–H and O–H groups in total. The predicted octanol–water partition coefficient (Wildman–Crippen LogP) is 3.26. The van der Waals surface area contributed by atoms with E-state index in [1.54, 1.807) is 38.4 Å². The first-order chi connectivity index (χ1) is 11.4. The maximum absolute atomic E-state index is 12.4. The normalized spacial score (nSPS) is 13.0. The molecule has 1 unspecified atom stereocenters. The lowest BCUT2D eigenvalue weighted by Gasteiger charge is -2.27. The molecule has 1 aromatic heterocycles. The second kappa shape index (κ2) is 7.44. The van der Waals surface area contributed by atoms with Crippen LogP contribution in [0.4, 0.5) is 10.5 Å². The van der Waals surface area contributed by atoms with E-state index < -0.39 is 5.54 Å². The number of carbonyl (C=O) groups excluding carboxylic acids is 2. The van der Waals surface area contributed by atoms with Gasteiger partial charge < -0.3 is 16.0 Å². The SMILES string of the molecule is CCC(C)(NC(=O)Nc1cccc(C(=O)NC)c1C)c1nccs1. The van der Waals surface area contributed by atoms with E-state index in [1.807, 2.05) is 19.2 Å². The molecule has 2 aromatic rings. The third-order valence-electron chi connectivity index (χ3n) is 4.05. The highest BCUT2D eigenvalue weighted by molar-refractivity contribution is 7.09. The maximum atomic E-state index is 12.4. The second-order valence-electron chi connectivity index (χ2n) is 5.66. The van der Waals surface area contributed by atoms with E-state index in [0.717, 1.165) is 10.6 Å². The molecule has 0 spiro atoms. The van der Waals surface area contributed by atoms with E-state index in [4.69, 9.17) is 0 Å². The fourth-order valence-corrected chi connectivity index (χ4v) is 3.17. The zero-order valence-electron chi connectivity index (χ0n) is 14.3. The van der Waals surface area contributed by atoms with E-state index in [-0.39, 0.29) is 11.9 Å². The Balaban J connectivity index is 2.17. The van der Waals surface area contributed by atoms with Gasteiger partial charge in [-0.15, -0.1) is 11.3 Å². The van der Waals surface area contributed by atoms with Gasteiger partial charge in [-0.1, -0.05) is 13.0 Å². The van der Waals surface area contributed by atoms with Crippen LogP contribution in [0.1, 0.15) is 41.2 Å². The lowest BCUT2D eigenvalue weighted by atomic mass is 10.0. The van der Waals surface area contributed by atoms with Crippen molar-refractivity contribution in [2.45, 2.75) is 32.7 Å². The van der Waals surface area contributed by atoms with Crippen molar-refractivity contribution in [3.05, 3.63) is 45.9 Å². The van der Waals surface area contributed by atoms with Crippen LogP contribution >= 0.6 is 11.3 Å². The molecule has 24 heavy (non-hydrogen) atoms. The van der Waals surface area contributed by atoms with Crippen molar-refractivity contribution in [3.8, 4) is 0 Å². The summed E-state index contributed by atoms with van der Waals surface area (Å²) >= 11 is 1.51. The van der Waals surface area contributed by atoms with Crippen molar-refractivity contribution in [2.75, 3.05) is 12.4 Å². The number of hydrogen-bond donors (Lipinski definition) is 3. The Labute approximate surface area is 145 Å². The lowest BCUT2D eigenvalue weighted by Crippen LogP contribution is -2.45. The summed E-state index contributed by atoms with van der Waals surface area (Å²) in [7, 11) is 1.58. The molecule has 2 rings (SSSR count). The molecular formula is C17H22N4O2S. The summed E-state index contributed by atoms with van der Waals surface area (Å²) in [5, 5.41) is 11.1. The van der Waals surface area contributed by atoms with Gasteiger partial charge in [0.05, 0.1) is 5.54 Å². The first kappa shape index (κ1) is 17.9. The summed E-state index contributed by atoms with van der Waals surface area (Å²) in [5.41, 5.74) is 1.32. The van der Waals surface area contributed by atoms with Gasteiger partial charge in [0.15, 0.2) is 0 Å². The van der Waals surface area contributed by atoms with Crippen molar-refractivity contribution in [3.63, 3.8) is 0 Å². The molecule has 0 bridgehead atoms. The van der Waals surface area contributed by atoms with Gasteiger partial charge in [-0.3, -0.25) is 4.79 Å². The highest BCUT2D eigenvalue weighted by Gasteiger charge is 2.29. The molecule has 6 nitrogen and oxygen atoms in total. The van der Waals surface area contributed by atoms with Gasteiger partial charge >= 0.3 is 6.03 Å². The molecule has 0 aliphatic carbocycles. The third kappa shape index (κ3) is 3.73. The first-order valence-electron chi connectivity index (χ1n) is 7.72. The zero-order valence-corrected chi connectivity index (χ0v) is 15.1. The third-order valence-corrected chi connectivity index (χ3v) is 5.09. The van der Waals surface area contributed by atoms with Crippen LogP contribution < -0.4 is 16.0 Å². The molecule has 3 amide bonds.